The summed E-state index contributed by atoms with van der Waals surface area (Å²) >= 11 is 0. The largest absolute Gasteiger partial charge is 4.00 e. The summed E-state index contributed by atoms with van der Waals surface area (Å²) in [6.07, 6.45) is 13.5. The summed E-state index contributed by atoms with van der Waals surface area (Å²) in [7, 11) is -2.54. The maximum atomic E-state index is 2.64. The average molecular weight is 917 g/mol. The number of hydrogen-bond donors (Lipinski definition) is 0. The maximum absolute atomic E-state index is 2.64. The van der Waals surface area contributed by atoms with E-state index < -0.39 is 8.07 Å². The fourth-order valence-electron chi connectivity index (χ4n) is 11.0. The Bertz CT molecular complexity index is 2460. The van der Waals surface area contributed by atoms with E-state index in [2.05, 4.69) is 171 Å². The van der Waals surface area contributed by atoms with Crippen molar-refractivity contribution >= 4 is 40.0 Å². The van der Waals surface area contributed by atoms with Crippen molar-refractivity contribution < 1.29 is 51.0 Å². The molecule has 8 aromatic carbocycles. The van der Waals surface area contributed by atoms with Crippen LogP contribution in [0.2, 0.25) is 13.1 Å². The van der Waals surface area contributed by atoms with E-state index in [1.807, 2.05) is 0 Å². The maximum Gasteiger partial charge on any atom is 4.00 e. The van der Waals surface area contributed by atoms with Crippen molar-refractivity contribution in [3.63, 3.8) is 0 Å². The number of halogens is 2. The standard InChI is InChI=1S/C56H54Si.2ClH.Zr/c1-57(2,55-51(43-21-11-5-12-22-43)37-47-25-15-27-49(53(47)55)45-33-29-41(30-34-45)39-17-7-3-8-18-39)56-52(44-23-13-6-14-24-44)38-48-26-16-28-50(54(48)56)46-35-31-42(32-36-46)40-19-9-4-10-20-40;;;/h5-6,11-16,21-40H,3-4,7-10,17-20H2,1-2H3;2*1H;/q-2;;;+4/p-2. The van der Waals surface area contributed by atoms with Crippen molar-refractivity contribution in [2.45, 2.75) is 89.1 Å². The van der Waals surface area contributed by atoms with Crippen molar-refractivity contribution in [3.8, 4) is 44.5 Å². The molecule has 0 radical (unpaired) electrons. The Hall–Kier alpha value is -3.78. The van der Waals surface area contributed by atoms with Crippen LogP contribution in [0.25, 0.3) is 66.1 Å². The molecule has 0 unspecified atom stereocenters. The van der Waals surface area contributed by atoms with Gasteiger partial charge in [0.1, 0.15) is 0 Å². The number of hydrogen-bond acceptors (Lipinski definition) is 0. The molecular formula is C56H54Cl2SiZr. The van der Waals surface area contributed by atoms with Gasteiger partial charge in [-0.3, -0.25) is 0 Å². The second-order valence-corrected chi connectivity index (χ2v) is 21.9. The van der Waals surface area contributed by atoms with Crippen LogP contribution in [0.15, 0.2) is 158 Å². The van der Waals surface area contributed by atoms with Gasteiger partial charge in [-0.1, -0.05) is 207 Å². The monoisotopic (exact) mass is 914 g/mol. The molecule has 2 aliphatic rings. The van der Waals surface area contributed by atoms with Crippen molar-refractivity contribution in [2.24, 2.45) is 0 Å². The van der Waals surface area contributed by atoms with Gasteiger partial charge in [0.2, 0.25) is 0 Å². The van der Waals surface area contributed by atoms with E-state index in [0.717, 1.165) is 0 Å². The number of benzene rings is 6. The number of rotatable bonds is 8. The summed E-state index contributed by atoms with van der Waals surface area (Å²) < 4.78 is 0. The number of fused-ring (bicyclic) bond motifs is 2. The summed E-state index contributed by atoms with van der Waals surface area (Å²) in [6.45, 7) is 5.28. The van der Waals surface area contributed by atoms with Gasteiger partial charge < -0.3 is 24.8 Å². The van der Waals surface area contributed by atoms with Crippen LogP contribution in [0.4, 0.5) is 0 Å². The molecule has 4 heteroatoms. The zero-order valence-electron chi connectivity index (χ0n) is 35.0. The van der Waals surface area contributed by atoms with Gasteiger partial charge in [-0.25, -0.2) is 0 Å². The summed E-state index contributed by atoms with van der Waals surface area (Å²) in [5, 5.41) is 8.63. The summed E-state index contributed by atoms with van der Waals surface area (Å²) in [5.41, 5.74) is 13.8. The van der Waals surface area contributed by atoms with E-state index in [1.165, 1.54) is 141 Å². The minimum atomic E-state index is -2.54. The van der Waals surface area contributed by atoms with Gasteiger partial charge in [-0.2, -0.15) is 0 Å². The van der Waals surface area contributed by atoms with Gasteiger partial charge in [-0.15, -0.1) is 67.3 Å². The minimum Gasteiger partial charge on any atom is -1.00 e. The van der Waals surface area contributed by atoms with E-state index in [1.54, 1.807) is 10.4 Å². The van der Waals surface area contributed by atoms with E-state index in [9.17, 15) is 0 Å². The molecule has 0 spiro atoms. The van der Waals surface area contributed by atoms with Crippen molar-refractivity contribution in [2.75, 3.05) is 0 Å². The third-order valence-electron chi connectivity index (χ3n) is 13.8. The molecule has 60 heavy (non-hydrogen) atoms. The van der Waals surface area contributed by atoms with E-state index >= 15 is 0 Å². The van der Waals surface area contributed by atoms with Crippen LogP contribution in [0.1, 0.15) is 87.2 Å². The van der Waals surface area contributed by atoms with Crippen molar-refractivity contribution in [1.29, 1.82) is 0 Å². The zero-order valence-corrected chi connectivity index (χ0v) is 40.0. The topological polar surface area (TPSA) is 0 Å². The summed E-state index contributed by atoms with van der Waals surface area (Å²) in [5.74, 6) is 1.41. The summed E-state index contributed by atoms with van der Waals surface area (Å²) in [4.78, 5) is 0. The van der Waals surface area contributed by atoms with Gasteiger partial charge in [0.15, 0.2) is 0 Å². The SMILES string of the molecule is C[Si](C)(c1c(-c2ccccc2)[cH-]c2cccc(-c3ccc(C4CCCCC4)cc3)c12)c1c(-c2ccccc2)[cH-]c2cccc(-c3ccc(C4CCCCC4)cc3)c12.[Cl-].[Cl-].[Zr+4]. The van der Waals surface area contributed by atoms with Crippen LogP contribution in [-0.2, 0) is 26.2 Å². The minimum absolute atomic E-state index is 0. The normalized spacial score (nSPS) is 15.0. The van der Waals surface area contributed by atoms with Crippen LogP contribution >= 0.6 is 0 Å². The molecule has 0 saturated heterocycles. The molecule has 0 atom stereocenters. The fraction of sp³-hybridized carbons (Fsp3) is 0.250. The van der Waals surface area contributed by atoms with Gasteiger partial charge in [0.25, 0.3) is 0 Å². The van der Waals surface area contributed by atoms with E-state index in [4.69, 9.17) is 0 Å². The van der Waals surface area contributed by atoms with Gasteiger partial charge in [-0.05, 0) is 59.8 Å². The van der Waals surface area contributed by atoms with Gasteiger partial charge in [0.05, 0.1) is 0 Å². The first-order valence-corrected chi connectivity index (χ1v) is 24.8. The molecule has 0 heterocycles. The molecule has 0 bridgehead atoms. The zero-order chi connectivity index (χ0) is 38.3. The Morgan fingerprint density at radius 1 is 0.400 bits per heavy atom. The van der Waals surface area contributed by atoms with Crippen LogP contribution in [-0.4, -0.2) is 8.07 Å². The molecule has 2 fully saturated rings. The van der Waals surface area contributed by atoms with Crippen LogP contribution in [0.5, 0.6) is 0 Å². The van der Waals surface area contributed by atoms with Crippen molar-refractivity contribution in [1.82, 2.24) is 0 Å². The molecule has 0 nitrogen and oxygen atoms in total. The van der Waals surface area contributed by atoms with Gasteiger partial charge in [0, 0.05) is 8.07 Å². The predicted molar refractivity (Wildman–Crippen MR) is 249 cm³/mol. The predicted octanol–water partition coefficient (Wildman–Crippen LogP) is 9.02. The molecule has 0 aliphatic heterocycles. The molecule has 300 valence electrons. The first-order valence-electron chi connectivity index (χ1n) is 21.8. The molecule has 2 aliphatic carbocycles. The van der Waals surface area contributed by atoms with Gasteiger partial charge >= 0.3 is 26.2 Å². The quantitative estimate of drug-likeness (QED) is 0.106. The Balaban J connectivity index is 0.00000181. The molecule has 8 aromatic rings. The fourth-order valence-corrected chi connectivity index (χ4v) is 14.8. The van der Waals surface area contributed by atoms with Crippen molar-refractivity contribution in [3.05, 3.63) is 169 Å². The molecule has 0 aromatic heterocycles. The Labute approximate surface area is 390 Å². The average Bonchev–Trinajstić information content (AvgIpc) is 3.89. The third kappa shape index (κ3) is 8.28. The molecular weight excluding hydrogens is 863 g/mol. The summed E-state index contributed by atoms with van der Waals surface area (Å²) in [6, 6.07) is 60.9. The van der Waals surface area contributed by atoms with E-state index in [-0.39, 0.29) is 51.0 Å². The second-order valence-electron chi connectivity index (χ2n) is 17.7. The first-order chi connectivity index (χ1) is 28.0. The second kappa shape index (κ2) is 19.1. The molecule has 2 saturated carbocycles. The molecule has 0 N–H and O–H groups in total. The molecule has 10 rings (SSSR count). The van der Waals surface area contributed by atoms with E-state index in [0.29, 0.717) is 11.8 Å². The van der Waals surface area contributed by atoms with Crippen LogP contribution < -0.4 is 35.2 Å². The van der Waals surface area contributed by atoms with Crippen LogP contribution in [0, 0.1) is 0 Å². The Morgan fingerprint density at radius 3 is 1.13 bits per heavy atom. The first kappa shape index (κ1) is 44.3. The Morgan fingerprint density at radius 2 is 0.767 bits per heavy atom. The third-order valence-corrected chi connectivity index (χ3v) is 17.4. The molecule has 0 amide bonds. The smallest absolute Gasteiger partial charge is 1.00 e. The van der Waals surface area contributed by atoms with Crippen LogP contribution in [0.3, 0.4) is 0 Å². The Kier molecular flexibility index (Phi) is 14.1.